The van der Waals surface area contributed by atoms with E-state index in [0.717, 1.165) is 18.2 Å². The largest absolute Gasteiger partial charge is 0.586 e. The maximum atomic E-state index is 14.0. The van der Waals surface area contributed by atoms with Crippen molar-refractivity contribution in [3.05, 3.63) is 65.6 Å². The van der Waals surface area contributed by atoms with Crippen molar-refractivity contribution in [1.82, 2.24) is 4.98 Å². The van der Waals surface area contributed by atoms with Crippen LogP contribution in [0.4, 0.5) is 42.5 Å². The van der Waals surface area contributed by atoms with Crippen LogP contribution in [-0.4, -0.2) is 30.1 Å². The second-order valence-electron chi connectivity index (χ2n) is 8.38. The van der Waals surface area contributed by atoms with E-state index in [-0.39, 0.29) is 41.1 Å². The van der Waals surface area contributed by atoms with E-state index in [4.69, 9.17) is 9.47 Å². The molecule has 2 aliphatic rings. The molecule has 0 spiro atoms. The molecule has 0 saturated carbocycles. The summed E-state index contributed by atoms with van der Waals surface area (Å²) in [6, 6.07) is 8.21. The van der Waals surface area contributed by atoms with Crippen LogP contribution >= 0.6 is 0 Å². The molecule has 3 aromatic rings. The highest BCUT2D eigenvalue weighted by Gasteiger charge is 2.62. The summed E-state index contributed by atoms with van der Waals surface area (Å²) in [4.78, 5) is 16.8. The Labute approximate surface area is 210 Å². The molecule has 0 aliphatic carbocycles. The Balaban J connectivity index is 1.39. The first kappa shape index (κ1) is 25.4. The van der Waals surface area contributed by atoms with E-state index in [2.05, 4.69) is 25.1 Å². The quantitative estimate of drug-likeness (QED) is 0.360. The van der Waals surface area contributed by atoms with Crippen LogP contribution in [0.15, 0.2) is 48.5 Å². The molecule has 2 aliphatic heterocycles. The van der Waals surface area contributed by atoms with Crippen molar-refractivity contribution in [2.75, 3.05) is 17.2 Å². The number of urea groups is 1. The monoisotopic (exact) mass is 541 g/mol. The van der Waals surface area contributed by atoms with E-state index >= 15 is 0 Å². The van der Waals surface area contributed by atoms with Gasteiger partial charge in [0.25, 0.3) is 0 Å². The average molecular weight is 541 g/mol. The molecular formula is C24H17F6N3O5. The molecule has 1 saturated heterocycles. The number of amides is 2. The zero-order chi connectivity index (χ0) is 27.3. The second kappa shape index (κ2) is 8.97. The number of carbonyl (C=O) groups is 1. The number of hydrogen-bond donors (Lipinski definition) is 2. The molecule has 0 bridgehead atoms. The fourth-order valence-corrected chi connectivity index (χ4v) is 3.92. The van der Waals surface area contributed by atoms with Gasteiger partial charge in [0.15, 0.2) is 17.1 Å². The van der Waals surface area contributed by atoms with Gasteiger partial charge in [-0.25, -0.2) is 14.2 Å². The lowest BCUT2D eigenvalue weighted by molar-refractivity contribution is -0.333. The third kappa shape index (κ3) is 4.74. The molecular weight excluding hydrogens is 524 g/mol. The summed E-state index contributed by atoms with van der Waals surface area (Å²) in [7, 11) is 0. The Morgan fingerprint density at radius 2 is 1.76 bits per heavy atom. The van der Waals surface area contributed by atoms with Crippen LogP contribution in [0.3, 0.4) is 0 Å². The van der Waals surface area contributed by atoms with E-state index in [1.165, 1.54) is 24.3 Å². The number of carbonyl (C=O) groups excluding carboxylic acids is 1. The van der Waals surface area contributed by atoms with Crippen LogP contribution in [0.25, 0.3) is 0 Å². The van der Waals surface area contributed by atoms with Crippen molar-refractivity contribution < 1.29 is 50.1 Å². The summed E-state index contributed by atoms with van der Waals surface area (Å²) in [5.41, 5.74) is -2.91. The van der Waals surface area contributed by atoms with Crippen LogP contribution in [0.1, 0.15) is 17.7 Å². The Morgan fingerprint density at radius 1 is 1.03 bits per heavy atom. The minimum atomic E-state index is -4.85. The number of aromatic nitrogens is 1. The van der Waals surface area contributed by atoms with E-state index in [9.17, 15) is 31.1 Å². The molecule has 8 nitrogen and oxygen atoms in total. The number of alkyl halides is 5. The standard InChI is InChI=1S/C24H17F6N3O5/c1-12-2-5-16(33-21(34)32-14-4-7-18-19(11-14)38-24(29,30)37-18)20(31-12)36-17-6-3-13(25)10-15(17)22(8-9-35-22)23(26,27)28/h2-7,10-11H,8-9H2,1H3,(H2,32,33,34). The molecule has 2 aromatic carbocycles. The summed E-state index contributed by atoms with van der Waals surface area (Å²) in [5, 5.41) is 4.84. The van der Waals surface area contributed by atoms with E-state index in [0.29, 0.717) is 11.8 Å². The van der Waals surface area contributed by atoms with Gasteiger partial charge in [-0.3, -0.25) is 0 Å². The van der Waals surface area contributed by atoms with E-state index in [1.807, 2.05) is 0 Å². The van der Waals surface area contributed by atoms with Gasteiger partial charge in [-0.15, -0.1) is 8.78 Å². The number of rotatable bonds is 5. The number of anilines is 2. The Hall–Kier alpha value is -4.20. The second-order valence-corrected chi connectivity index (χ2v) is 8.38. The molecule has 1 atom stereocenters. The Bertz CT molecular complexity index is 1410. The van der Waals surface area contributed by atoms with Crippen molar-refractivity contribution in [2.24, 2.45) is 0 Å². The molecule has 2 N–H and O–H groups in total. The highest BCUT2D eigenvalue weighted by atomic mass is 19.4. The number of hydrogen-bond acceptors (Lipinski definition) is 6. The van der Waals surface area contributed by atoms with Gasteiger partial charge < -0.3 is 29.6 Å². The lowest BCUT2D eigenvalue weighted by atomic mass is 9.85. The van der Waals surface area contributed by atoms with Gasteiger partial charge in [-0.05, 0) is 49.4 Å². The summed E-state index contributed by atoms with van der Waals surface area (Å²) in [5.74, 6) is -2.10. The zero-order valence-electron chi connectivity index (χ0n) is 19.3. The third-order valence-corrected chi connectivity index (χ3v) is 5.75. The van der Waals surface area contributed by atoms with Crippen molar-refractivity contribution >= 4 is 17.4 Å². The first-order chi connectivity index (χ1) is 17.8. The molecule has 1 aromatic heterocycles. The first-order valence-corrected chi connectivity index (χ1v) is 11.0. The molecule has 5 rings (SSSR count). The highest BCUT2D eigenvalue weighted by Crippen LogP contribution is 2.53. The van der Waals surface area contributed by atoms with Gasteiger partial charge in [0, 0.05) is 29.4 Å². The maximum Gasteiger partial charge on any atom is 0.586 e. The molecule has 0 radical (unpaired) electrons. The molecule has 200 valence electrons. The fraction of sp³-hybridized carbons (Fsp3) is 0.250. The molecule has 3 heterocycles. The van der Waals surface area contributed by atoms with Crippen LogP contribution in [0, 0.1) is 12.7 Å². The van der Waals surface area contributed by atoms with E-state index in [1.54, 1.807) is 6.92 Å². The van der Waals surface area contributed by atoms with Crippen LogP contribution < -0.4 is 24.8 Å². The summed E-state index contributed by atoms with van der Waals surface area (Å²) in [6.07, 6.45) is -9.13. The average Bonchev–Trinajstić information content (AvgIpc) is 3.08. The first-order valence-electron chi connectivity index (χ1n) is 11.0. The van der Waals surface area contributed by atoms with Crippen molar-refractivity contribution in [3.8, 4) is 23.1 Å². The smallest absolute Gasteiger partial charge is 0.437 e. The van der Waals surface area contributed by atoms with Gasteiger partial charge in [-0.1, -0.05) is 0 Å². The summed E-state index contributed by atoms with van der Waals surface area (Å²) in [6.45, 7) is 1.40. The lowest BCUT2D eigenvalue weighted by Gasteiger charge is -2.43. The van der Waals surface area contributed by atoms with Gasteiger partial charge >= 0.3 is 18.5 Å². The van der Waals surface area contributed by atoms with Crippen molar-refractivity contribution in [1.29, 1.82) is 0 Å². The highest BCUT2D eigenvalue weighted by molar-refractivity contribution is 6.00. The SMILES string of the molecule is Cc1ccc(NC(=O)Nc2ccc3c(c2)OC(F)(F)O3)c(Oc2ccc(F)cc2C2(C(F)(F)F)CCO2)n1. The van der Waals surface area contributed by atoms with Crippen molar-refractivity contribution in [2.45, 2.75) is 31.4 Å². The lowest BCUT2D eigenvalue weighted by Crippen LogP contribution is -2.52. The van der Waals surface area contributed by atoms with Gasteiger partial charge in [0.05, 0.1) is 6.61 Å². The minimum Gasteiger partial charge on any atom is -0.437 e. The summed E-state index contributed by atoms with van der Waals surface area (Å²) >= 11 is 0. The number of fused-ring (bicyclic) bond motifs is 1. The van der Waals surface area contributed by atoms with Gasteiger partial charge in [-0.2, -0.15) is 13.2 Å². The molecule has 1 fully saturated rings. The third-order valence-electron chi connectivity index (χ3n) is 5.75. The van der Waals surface area contributed by atoms with Crippen molar-refractivity contribution in [3.63, 3.8) is 0 Å². The van der Waals surface area contributed by atoms with Crippen LogP contribution in [0.2, 0.25) is 0 Å². The molecule has 1 unspecified atom stereocenters. The molecule has 38 heavy (non-hydrogen) atoms. The molecule has 14 heteroatoms. The summed E-state index contributed by atoms with van der Waals surface area (Å²) < 4.78 is 101. The number of nitrogens with zero attached hydrogens (tertiary/aromatic N) is 1. The number of aryl methyl sites for hydroxylation is 1. The minimum absolute atomic E-state index is 0.0498. The Morgan fingerprint density at radius 3 is 2.45 bits per heavy atom. The number of halogens is 6. The topological polar surface area (TPSA) is 90.9 Å². The normalized spacial score (nSPS) is 19.4. The van der Waals surface area contributed by atoms with E-state index < -0.39 is 41.9 Å². The number of nitrogens with one attached hydrogen (secondary N) is 2. The van der Waals surface area contributed by atoms with Crippen LogP contribution in [0.5, 0.6) is 23.1 Å². The Kier molecular flexibility index (Phi) is 6.01. The van der Waals surface area contributed by atoms with Gasteiger partial charge in [0.2, 0.25) is 5.88 Å². The number of ether oxygens (including phenoxy) is 4. The maximum absolute atomic E-state index is 14.0. The predicted molar refractivity (Wildman–Crippen MR) is 119 cm³/mol. The molecule has 2 amide bonds. The zero-order valence-corrected chi connectivity index (χ0v) is 19.3. The number of pyridine rings is 1. The fourth-order valence-electron chi connectivity index (χ4n) is 3.92. The van der Waals surface area contributed by atoms with Crippen LogP contribution in [-0.2, 0) is 10.3 Å². The van der Waals surface area contributed by atoms with Gasteiger partial charge in [0.1, 0.15) is 17.3 Å². The number of benzene rings is 2. The predicted octanol–water partition coefficient (Wildman–Crippen LogP) is 6.46.